The van der Waals surface area contributed by atoms with E-state index in [2.05, 4.69) is 0 Å². The van der Waals surface area contributed by atoms with Crippen molar-refractivity contribution < 1.29 is 26.3 Å². The Hall–Kier alpha value is -1.98. The smallest absolute Gasteiger partial charge is 0.166 e. The van der Waals surface area contributed by atoms with Crippen molar-refractivity contribution in [1.29, 1.82) is 0 Å². The van der Waals surface area contributed by atoms with Gasteiger partial charge < -0.3 is 0 Å². The summed E-state index contributed by atoms with van der Waals surface area (Å²) in [7, 11) is 0. The van der Waals surface area contributed by atoms with Crippen LogP contribution in [0.3, 0.4) is 0 Å². The molecule has 2 aromatic carbocycles. The summed E-state index contributed by atoms with van der Waals surface area (Å²) in [4.78, 5) is 0. The van der Waals surface area contributed by atoms with E-state index >= 15 is 0 Å². The van der Waals surface area contributed by atoms with E-state index in [0.717, 1.165) is 24.3 Å². The SMILES string of the molecule is Cc1cc(-c2ccccc2C(F)(F)F)cc(C(F)(F)F)c1. The van der Waals surface area contributed by atoms with Gasteiger partial charge in [-0.2, -0.15) is 26.3 Å². The van der Waals surface area contributed by atoms with Gasteiger partial charge in [0.1, 0.15) is 0 Å². The predicted molar refractivity (Wildman–Crippen MR) is 66.6 cm³/mol. The lowest BCUT2D eigenvalue weighted by molar-refractivity contribution is -0.137. The van der Waals surface area contributed by atoms with Crippen LogP contribution >= 0.6 is 0 Å². The number of benzene rings is 2. The molecule has 0 atom stereocenters. The summed E-state index contributed by atoms with van der Waals surface area (Å²) in [5, 5.41) is 0. The summed E-state index contributed by atoms with van der Waals surface area (Å²) < 4.78 is 77.2. The molecule has 0 aliphatic carbocycles. The van der Waals surface area contributed by atoms with Crippen molar-refractivity contribution in [3.05, 3.63) is 59.2 Å². The number of hydrogen-bond donors (Lipinski definition) is 0. The van der Waals surface area contributed by atoms with Gasteiger partial charge in [-0.3, -0.25) is 0 Å². The zero-order chi connectivity index (χ0) is 15.8. The lowest BCUT2D eigenvalue weighted by atomic mass is 9.96. The largest absolute Gasteiger partial charge is 0.417 e. The van der Waals surface area contributed by atoms with Gasteiger partial charge in [-0.15, -0.1) is 0 Å². The number of rotatable bonds is 1. The van der Waals surface area contributed by atoms with Gasteiger partial charge >= 0.3 is 12.4 Å². The van der Waals surface area contributed by atoms with E-state index in [1.54, 1.807) is 0 Å². The molecule has 0 amide bonds. The summed E-state index contributed by atoms with van der Waals surface area (Å²) in [6, 6.07) is 7.52. The molecule has 0 spiro atoms. The number of halogens is 6. The van der Waals surface area contributed by atoms with Crippen LogP contribution in [-0.4, -0.2) is 0 Å². The lowest BCUT2D eigenvalue weighted by Gasteiger charge is -2.15. The first-order valence-corrected chi connectivity index (χ1v) is 5.94. The Labute approximate surface area is 117 Å². The molecule has 0 fully saturated rings. The van der Waals surface area contributed by atoms with Gasteiger partial charge in [0, 0.05) is 0 Å². The van der Waals surface area contributed by atoms with Gasteiger partial charge in [-0.05, 0) is 41.8 Å². The van der Waals surface area contributed by atoms with Crippen molar-refractivity contribution in [3.63, 3.8) is 0 Å². The van der Waals surface area contributed by atoms with Crippen LogP contribution in [0.5, 0.6) is 0 Å². The minimum absolute atomic E-state index is 0.102. The van der Waals surface area contributed by atoms with Crippen LogP contribution in [0, 0.1) is 6.92 Å². The summed E-state index contributed by atoms with van der Waals surface area (Å²) >= 11 is 0. The molecular weight excluding hydrogens is 294 g/mol. The third-order valence-corrected chi connectivity index (χ3v) is 2.95. The van der Waals surface area contributed by atoms with E-state index in [-0.39, 0.29) is 16.7 Å². The third kappa shape index (κ3) is 3.37. The predicted octanol–water partition coefficient (Wildman–Crippen LogP) is 5.70. The zero-order valence-corrected chi connectivity index (χ0v) is 10.8. The van der Waals surface area contributed by atoms with Gasteiger partial charge in [0.25, 0.3) is 0 Å². The molecule has 0 unspecified atom stereocenters. The van der Waals surface area contributed by atoms with Gasteiger partial charge in [0.15, 0.2) is 0 Å². The summed E-state index contributed by atoms with van der Waals surface area (Å²) in [6.07, 6.45) is -9.23. The molecule has 0 nitrogen and oxygen atoms in total. The average molecular weight is 304 g/mol. The number of alkyl halides is 6. The fourth-order valence-corrected chi connectivity index (χ4v) is 2.08. The molecule has 0 aliphatic heterocycles. The highest BCUT2D eigenvalue weighted by molar-refractivity contribution is 5.69. The van der Waals surface area contributed by atoms with E-state index in [1.165, 1.54) is 25.1 Å². The summed E-state index contributed by atoms with van der Waals surface area (Å²) in [6.45, 7) is 1.41. The first-order valence-electron chi connectivity index (χ1n) is 5.94. The van der Waals surface area contributed by atoms with Crippen molar-refractivity contribution in [2.24, 2.45) is 0 Å². The number of aryl methyl sites for hydroxylation is 1. The van der Waals surface area contributed by atoms with Crippen LogP contribution in [0.1, 0.15) is 16.7 Å². The van der Waals surface area contributed by atoms with Gasteiger partial charge in [0.2, 0.25) is 0 Å². The van der Waals surface area contributed by atoms with Gasteiger partial charge in [-0.25, -0.2) is 0 Å². The molecular formula is C15H10F6. The second kappa shape index (κ2) is 5.09. The number of hydrogen-bond acceptors (Lipinski definition) is 0. The topological polar surface area (TPSA) is 0 Å². The molecule has 0 heterocycles. The van der Waals surface area contributed by atoms with Crippen LogP contribution < -0.4 is 0 Å². The Kier molecular flexibility index (Phi) is 3.74. The second-order valence-electron chi connectivity index (χ2n) is 4.63. The molecule has 0 bridgehead atoms. The highest BCUT2D eigenvalue weighted by Gasteiger charge is 2.35. The fourth-order valence-electron chi connectivity index (χ4n) is 2.08. The van der Waals surface area contributed by atoms with Gasteiger partial charge in [0.05, 0.1) is 11.1 Å². The minimum Gasteiger partial charge on any atom is -0.166 e. The van der Waals surface area contributed by atoms with Crippen molar-refractivity contribution >= 4 is 0 Å². The van der Waals surface area contributed by atoms with E-state index in [9.17, 15) is 26.3 Å². The van der Waals surface area contributed by atoms with Crippen LogP contribution in [0.15, 0.2) is 42.5 Å². The fraction of sp³-hybridized carbons (Fsp3) is 0.200. The molecule has 0 N–H and O–H groups in total. The van der Waals surface area contributed by atoms with Crippen molar-refractivity contribution in [3.8, 4) is 11.1 Å². The molecule has 2 aromatic rings. The van der Waals surface area contributed by atoms with Gasteiger partial charge in [-0.1, -0.05) is 24.3 Å². The minimum atomic E-state index is -4.63. The molecule has 0 aromatic heterocycles. The van der Waals surface area contributed by atoms with E-state index in [4.69, 9.17) is 0 Å². The van der Waals surface area contributed by atoms with Crippen LogP contribution in [0.25, 0.3) is 11.1 Å². The van der Waals surface area contributed by atoms with Crippen LogP contribution in [0.2, 0.25) is 0 Å². The molecule has 6 heteroatoms. The Morgan fingerprint density at radius 2 is 1.38 bits per heavy atom. The average Bonchev–Trinajstić information content (AvgIpc) is 2.36. The molecule has 112 valence electrons. The molecule has 0 aliphatic rings. The Balaban J connectivity index is 2.66. The van der Waals surface area contributed by atoms with E-state index < -0.39 is 23.5 Å². The standard InChI is InChI=1S/C15H10F6/c1-9-6-10(8-11(7-9)14(16,17)18)12-4-2-3-5-13(12)15(19,20)21/h2-8H,1H3. The van der Waals surface area contributed by atoms with Crippen molar-refractivity contribution in [1.82, 2.24) is 0 Å². The molecule has 2 rings (SSSR count). The maximum Gasteiger partial charge on any atom is 0.417 e. The normalized spacial score (nSPS) is 12.5. The maximum atomic E-state index is 12.9. The highest BCUT2D eigenvalue weighted by Crippen LogP contribution is 2.39. The first-order chi connectivity index (χ1) is 9.59. The lowest BCUT2D eigenvalue weighted by Crippen LogP contribution is -2.08. The quantitative estimate of drug-likeness (QED) is 0.593. The zero-order valence-electron chi connectivity index (χ0n) is 10.8. The molecule has 0 radical (unpaired) electrons. The molecule has 0 saturated heterocycles. The monoisotopic (exact) mass is 304 g/mol. The first kappa shape index (κ1) is 15.4. The van der Waals surface area contributed by atoms with Crippen molar-refractivity contribution in [2.45, 2.75) is 19.3 Å². The van der Waals surface area contributed by atoms with E-state index in [1.807, 2.05) is 0 Å². The van der Waals surface area contributed by atoms with Crippen LogP contribution in [-0.2, 0) is 12.4 Å². The summed E-state index contributed by atoms with van der Waals surface area (Å²) in [5.74, 6) is 0. The summed E-state index contributed by atoms with van der Waals surface area (Å²) in [5.41, 5.74) is -2.04. The molecule has 0 saturated carbocycles. The maximum absolute atomic E-state index is 12.9. The van der Waals surface area contributed by atoms with Crippen molar-refractivity contribution in [2.75, 3.05) is 0 Å². The third-order valence-electron chi connectivity index (χ3n) is 2.95. The van der Waals surface area contributed by atoms with E-state index in [0.29, 0.717) is 0 Å². The Morgan fingerprint density at radius 3 is 1.95 bits per heavy atom. The Morgan fingerprint density at radius 1 is 0.762 bits per heavy atom. The Bertz CT molecular complexity index is 652. The van der Waals surface area contributed by atoms with Crippen LogP contribution in [0.4, 0.5) is 26.3 Å². The molecule has 21 heavy (non-hydrogen) atoms. The highest BCUT2D eigenvalue weighted by atomic mass is 19.4. The second-order valence-corrected chi connectivity index (χ2v) is 4.63.